The Hall–Kier alpha value is -2.34. The monoisotopic (exact) mass is 278 g/mol. The minimum atomic E-state index is -1.09. The van der Waals surface area contributed by atoms with Crippen LogP contribution in [0.5, 0.6) is 0 Å². The topological polar surface area (TPSA) is 78.9 Å². The first kappa shape index (κ1) is 15.7. The third-order valence-corrected chi connectivity index (χ3v) is 2.60. The third kappa shape index (κ3) is 4.40. The highest BCUT2D eigenvalue weighted by Crippen LogP contribution is 2.15. The summed E-state index contributed by atoms with van der Waals surface area (Å²) in [5, 5.41) is 11.6. The van der Waals surface area contributed by atoms with Gasteiger partial charge in [0.15, 0.2) is 0 Å². The summed E-state index contributed by atoms with van der Waals surface area (Å²) in [7, 11) is 1.55. The minimum absolute atomic E-state index is 0.0474. The van der Waals surface area contributed by atoms with E-state index in [2.05, 4.69) is 11.9 Å². The predicted octanol–water partition coefficient (Wildman–Crippen LogP) is 2.05. The van der Waals surface area contributed by atoms with Crippen LogP contribution in [0.3, 0.4) is 0 Å². The van der Waals surface area contributed by atoms with Gasteiger partial charge in [-0.25, -0.2) is 9.59 Å². The Bertz CT molecular complexity index is 488. The van der Waals surface area contributed by atoms with E-state index in [1.807, 2.05) is 0 Å². The molecule has 0 heterocycles. The van der Waals surface area contributed by atoms with Crippen molar-refractivity contribution in [2.75, 3.05) is 32.1 Å². The highest BCUT2D eigenvalue weighted by atomic mass is 16.5. The van der Waals surface area contributed by atoms with Gasteiger partial charge < -0.3 is 20.1 Å². The zero-order valence-electron chi connectivity index (χ0n) is 11.3. The van der Waals surface area contributed by atoms with Gasteiger partial charge in [0, 0.05) is 20.2 Å². The second-order valence-corrected chi connectivity index (χ2v) is 4.01. The number of rotatable bonds is 7. The van der Waals surface area contributed by atoms with Crippen LogP contribution < -0.4 is 5.32 Å². The Morgan fingerprint density at radius 3 is 2.75 bits per heavy atom. The number of amides is 2. The van der Waals surface area contributed by atoms with Crippen LogP contribution in [0.4, 0.5) is 10.5 Å². The number of carbonyl (C=O) groups is 2. The average Bonchev–Trinajstić information content (AvgIpc) is 2.43. The molecule has 0 unspecified atom stereocenters. The molecule has 0 spiro atoms. The number of nitrogens with one attached hydrogen (secondary N) is 1. The predicted molar refractivity (Wildman–Crippen MR) is 76.1 cm³/mol. The van der Waals surface area contributed by atoms with E-state index in [1.165, 1.54) is 11.0 Å². The molecule has 6 heteroatoms. The molecule has 0 bridgehead atoms. The van der Waals surface area contributed by atoms with E-state index in [9.17, 15) is 9.59 Å². The van der Waals surface area contributed by atoms with Gasteiger partial charge in [0.25, 0.3) is 0 Å². The van der Waals surface area contributed by atoms with Gasteiger partial charge in [-0.15, -0.1) is 6.58 Å². The van der Waals surface area contributed by atoms with Gasteiger partial charge in [-0.2, -0.15) is 0 Å². The fraction of sp³-hybridized carbons (Fsp3) is 0.286. The molecule has 2 amide bonds. The van der Waals surface area contributed by atoms with Gasteiger partial charge in [-0.1, -0.05) is 18.2 Å². The molecular formula is C14H18N2O4. The molecule has 0 saturated carbocycles. The zero-order valence-corrected chi connectivity index (χ0v) is 11.3. The SMILES string of the molecule is C=CCN(CCOC)C(=O)Nc1ccccc1C(=O)O. The van der Waals surface area contributed by atoms with Gasteiger partial charge in [-0.3, -0.25) is 0 Å². The number of ether oxygens (including phenoxy) is 1. The van der Waals surface area contributed by atoms with Gasteiger partial charge in [0.1, 0.15) is 0 Å². The van der Waals surface area contributed by atoms with E-state index in [0.717, 1.165) is 0 Å². The molecule has 0 atom stereocenters. The molecule has 1 rings (SSSR count). The summed E-state index contributed by atoms with van der Waals surface area (Å²) < 4.78 is 4.93. The number of anilines is 1. The molecule has 0 aliphatic carbocycles. The lowest BCUT2D eigenvalue weighted by molar-refractivity contribution is 0.0698. The van der Waals surface area contributed by atoms with Crippen LogP contribution in [-0.2, 0) is 4.74 Å². The molecule has 108 valence electrons. The summed E-state index contributed by atoms with van der Waals surface area (Å²) in [5.41, 5.74) is 0.308. The maximum absolute atomic E-state index is 12.1. The number of carbonyl (C=O) groups excluding carboxylic acids is 1. The first-order valence-electron chi connectivity index (χ1n) is 6.08. The van der Waals surface area contributed by atoms with Crippen molar-refractivity contribution < 1.29 is 19.4 Å². The van der Waals surface area contributed by atoms with E-state index >= 15 is 0 Å². The first-order chi connectivity index (χ1) is 9.60. The van der Waals surface area contributed by atoms with Crippen LogP contribution in [0.1, 0.15) is 10.4 Å². The van der Waals surface area contributed by atoms with Crippen LogP contribution in [0.2, 0.25) is 0 Å². The van der Waals surface area contributed by atoms with Crippen molar-refractivity contribution in [1.29, 1.82) is 0 Å². The van der Waals surface area contributed by atoms with Crippen molar-refractivity contribution in [2.45, 2.75) is 0 Å². The fourth-order valence-electron chi connectivity index (χ4n) is 1.61. The van der Waals surface area contributed by atoms with Crippen LogP contribution in [0, 0.1) is 0 Å². The zero-order chi connectivity index (χ0) is 15.0. The number of nitrogens with zero attached hydrogens (tertiary/aromatic N) is 1. The van der Waals surface area contributed by atoms with Crippen LogP contribution in [0.25, 0.3) is 0 Å². The van der Waals surface area contributed by atoms with Gasteiger partial charge in [-0.05, 0) is 12.1 Å². The Labute approximate surface area is 117 Å². The lowest BCUT2D eigenvalue weighted by Gasteiger charge is -2.21. The van der Waals surface area contributed by atoms with Crippen molar-refractivity contribution in [1.82, 2.24) is 4.90 Å². The van der Waals surface area contributed by atoms with E-state index in [4.69, 9.17) is 9.84 Å². The molecule has 0 aliphatic rings. The lowest BCUT2D eigenvalue weighted by atomic mass is 10.2. The van der Waals surface area contributed by atoms with Crippen molar-refractivity contribution in [3.63, 3.8) is 0 Å². The molecule has 1 aromatic carbocycles. The molecule has 2 N–H and O–H groups in total. The fourth-order valence-corrected chi connectivity index (χ4v) is 1.61. The van der Waals surface area contributed by atoms with E-state index < -0.39 is 12.0 Å². The standard InChI is InChI=1S/C14H18N2O4/c1-3-8-16(9-10-20-2)14(19)15-12-7-5-4-6-11(12)13(17)18/h3-7H,1,8-10H2,2H3,(H,15,19)(H,17,18). The normalized spacial score (nSPS) is 9.85. The Morgan fingerprint density at radius 1 is 1.45 bits per heavy atom. The number of benzene rings is 1. The highest BCUT2D eigenvalue weighted by molar-refractivity contribution is 5.99. The number of methoxy groups -OCH3 is 1. The molecule has 6 nitrogen and oxygen atoms in total. The van der Waals surface area contributed by atoms with Crippen molar-refractivity contribution >= 4 is 17.7 Å². The van der Waals surface area contributed by atoms with Crippen LogP contribution in [-0.4, -0.2) is 48.8 Å². The van der Waals surface area contributed by atoms with E-state index in [1.54, 1.807) is 31.4 Å². The summed E-state index contributed by atoms with van der Waals surface area (Å²) in [6.07, 6.45) is 1.60. The van der Waals surface area contributed by atoms with Crippen molar-refractivity contribution in [3.05, 3.63) is 42.5 Å². The van der Waals surface area contributed by atoms with Crippen molar-refractivity contribution in [3.8, 4) is 0 Å². The number of hydrogen-bond donors (Lipinski definition) is 2. The first-order valence-corrected chi connectivity index (χ1v) is 6.08. The summed E-state index contributed by atoms with van der Waals surface area (Å²) in [5.74, 6) is -1.09. The largest absolute Gasteiger partial charge is 0.478 e. The lowest BCUT2D eigenvalue weighted by Crippen LogP contribution is -2.37. The number of urea groups is 1. The number of carboxylic acid groups (broad SMARTS) is 1. The van der Waals surface area contributed by atoms with E-state index in [-0.39, 0.29) is 11.3 Å². The number of carboxylic acids is 1. The molecule has 20 heavy (non-hydrogen) atoms. The maximum atomic E-state index is 12.1. The second-order valence-electron chi connectivity index (χ2n) is 4.01. The number of hydrogen-bond acceptors (Lipinski definition) is 3. The third-order valence-electron chi connectivity index (χ3n) is 2.60. The average molecular weight is 278 g/mol. The van der Waals surface area contributed by atoms with Gasteiger partial charge in [0.2, 0.25) is 0 Å². The second kappa shape index (κ2) is 7.96. The number of aromatic carboxylic acids is 1. The van der Waals surface area contributed by atoms with E-state index in [0.29, 0.717) is 19.7 Å². The van der Waals surface area contributed by atoms with Crippen LogP contribution >= 0.6 is 0 Å². The van der Waals surface area contributed by atoms with Gasteiger partial charge in [0.05, 0.1) is 17.9 Å². The quantitative estimate of drug-likeness (QED) is 0.748. The maximum Gasteiger partial charge on any atom is 0.337 e. The Morgan fingerprint density at radius 2 is 2.15 bits per heavy atom. The summed E-state index contributed by atoms with van der Waals surface area (Å²) >= 11 is 0. The van der Waals surface area contributed by atoms with Crippen LogP contribution in [0.15, 0.2) is 36.9 Å². The molecule has 0 aromatic heterocycles. The van der Waals surface area contributed by atoms with Gasteiger partial charge >= 0.3 is 12.0 Å². The van der Waals surface area contributed by atoms with Crippen molar-refractivity contribution in [2.24, 2.45) is 0 Å². The molecule has 1 aromatic rings. The number of para-hydroxylation sites is 1. The molecular weight excluding hydrogens is 260 g/mol. The smallest absolute Gasteiger partial charge is 0.337 e. The molecule has 0 fully saturated rings. The summed E-state index contributed by atoms with van der Waals surface area (Å²) in [4.78, 5) is 24.7. The summed E-state index contributed by atoms with van der Waals surface area (Å²) in [6.45, 7) is 4.72. The Kier molecular flexibility index (Phi) is 6.25. The molecule has 0 aliphatic heterocycles. The summed E-state index contributed by atoms with van der Waals surface area (Å²) in [6, 6.07) is 5.85. The highest BCUT2D eigenvalue weighted by Gasteiger charge is 2.15. The minimum Gasteiger partial charge on any atom is -0.478 e. The molecule has 0 radical (unpaired) electrons. The molecule has 0 saturated heterocycles. The Balaban J connectivity index is 2.82.